The molecule has 4 aromatic rings. The molecule has 1 aliphatic rings. The number of nitrogens with zero attached hydrogens (tertiary/aromatic N) is 3. The molecule has 0 radical (unpaired) electrons. The highest BCUT2D eigenvalue weighted by atomic mass is 79.9. The zero-order valence-electron chi connectivity index (χ0n) is 20.9. The molecule has 8 nitrogen and oxygen atoms in total. The van der Waals surface area contributed by atoms with Crippen molar-refractivity contribution in [3.05, 3.63) is 99.3 Å². The van der Waals surface area contributed by atoms with Gasteiger partial charge in [0, 0.05) is 15.8 Å². The third kappa shape index (κ3) is 5.47. The Kier molecular flexibility index (Phi) is 8.19. The Balaban J connectivity index is 1.58. The maximum atomic E-state index is 14.1. The Morgan fingerprint density at radius 2 is 1.88 bits per heavy atom. The maximum absolute atomic E-state index is 14.1. The summed E-state index contributed by atoms with van der Waals surface area (Å²) in [4.78, 5) is 28.0. The molecule has 1 amide bonds. The number of hydrogen-bond donors (Lipinski definition) is 2. The van der Waals surface area contributed by atoms with Crippen LogP contribution in [0.1, 0.15) is 29.7 Å². The first-order valence-corrected chi connectivity index (χ1v) is 14.6. The van der Waals surface area contributed by atoms with Crippen LogP contribution < -0.4 is 9.64 Å². The standard InChI is InChI=1S/C28H21BrFN3O5S2/c1-2-38-21-13-16(9-12-20(21)34)23-22(24(35)15-7-10-18(29)11-8-15)25(36)26(37)33(23)27-31-32-28(40-27)39-14-17-5-3-4-6-19(17)30/h3-13,23,34-35H,2,14H2,1H3/b24-22-. The van der Waals surface area contributed by atoms with Gasteiger partial charge in [-0.15, -0.1) is 10.2 Å². The monoisotopic (exact) mass is 641 g/mol. The number of Topliss-reactive ketones (excluding diaryl/α,β-unsaturated/α-hetero) is 1. The van der Waals surface area contributed by atoms with Crippen LogP contribution in [0.15, 0.2) is 81.1 Å². The van der Waals surface area contributed by atoms with E-state index >= 15 is 0 Å². The minimum Gasteiger partial charge on any atom is -0.507 e. The molecule has 1 aromatic heterocycles. The Labute approximate surface area is 245 Å². The van der Waals surface area contributed by atoms with Crippen LogP contribution in [0, 0.1) is 5.82 Å². The first-order valence-electron chi connectivity index (χ1n) is 12.0. The summed E-state index contributed by atoms with van der Waals surface area (Å²) >= 11 is 5.66. The zero-order chi connectivity index (χ0) is 28.4. The van der Waals surface area contributed by atoms with Crippen molar-refractivity contribution >= 4 is 61.6 Å². The fourth-order valence-corrected chi connectivity index (χ4v) is 6.31. The van der Waals surface area contributed by atoms with Gasteiger partial charge in [0.15, 0.2) is 15.8 Å². The highest BCUT2D eigenvalue weighted by Crippen LogP contribution is 2.45. The average Bonchev–Trinajstić information content (AvgIpc) is 3.51. The third-order valence-corrected chi connectivity index (χ3v) is 8.71. The fraction of sp³-hybridized carbons (Fsp3) is 0.143. The minimum absolute atomic E-state index is 0.113. The molecule has 204 valence electrons. The summed E-state index contributed by atoms with van der Waals surface area (Å²) in [5, 5.41) is 30.0. The molecule has 0 aliphatic carbocycles. The highest BCUT2D eigenvalue weighted by molar-refractivity contribution is 9.10. The lowest BCUT2D eigenvalue weighted by Gasteiger charge is -2.23. The molecule has 0 spiro atoms. The molecule has 40 heavy (non-hydrogen) atoms. The molecule has 0 bridgehead atoms. The van der Waals surface area contributed by atoms with Crippen molar-refractivity contribution in [3.8, 4) is 11.5 Å². The molecule has 0 saturated carbocycles. The van der Waals surface area contributed by atoms with Gasteiger partial charge in [-0.05, 0) is 48.4 Å². The van der Waals surface area contributed by atoms with E-state index in [2.05, 4.69) is 26.1 Å². The van der Waals surface area contributed by atoms with E-state index in [9.17, 15) is 24.2 Å². The summed E-state index contributed by atoms with van der Waals surface area (Å²) in [7, 11) is 0. The van der Waals surface area contributed by atoms with E-state index in [0.29, 0.717) is 26.8 Å². The Bertz CT molecular complexity index is 1630. The molecule has 1 fully saturated rings. The summed E-state index contributed by atoms with van der Waals surface area (Å²) in [5.41, 5.74) is 1.10. The average molecular weight is 643 g/mol. The maximum Gasteiger partial charge on any atom is 0.301 e. The lowest BCUT2D eigenvalue weighted by atomic mass is 9.95. The van der Waals surface area contributed by atoms with Crippen molar-refractivity contribution in [1.29, 1.82) is 0 Å². The summed E-state index contributed by atoms with van der Waals surface area (Å²) in [6.45, 7) is 2.03. The number of phenolic OH excluding ortho intramolecular Hbond substituents is 1. The summed E-state index contributed by atoms with van der Waals surface area (Å²) in [6.07, 6.45) is 0. The van der Waals surface area contributed by atoms with E-state index in [4.69, 9.17) is 4.74 Å². The molecule has 1 saturated heterocycles. The number of phenols is 1. The van der Waals surface area contributed by atoms with Crippen LogP contribution in [0.5, 0.6) is 11.5 Å². The van der Waals surface area contributed by atoms with Gasteiger partial charge >= 0.3 is 5.91 Å². The lowest BCUT2D eigenvalue weighted by molar-refractivity contribution is -0.132. The molecule has 2 heterocycles. The first kappa shape index (κ1) is 27.8. The number of aliphatic hydroxyl groups excluding tert-OH is 1. The molecule has 1 atom stereocenters. The molecule has 5 rings (SSSR count). The number of benzene rings is 3. The predicted octanol–water partition coefficient (Wildman–Crippen LogP) is 6.46. The van der Waals surface area contributed by atoms with Gasteiger partial charge < -0.3 is 14.9 Å². The van der Waals surface area contributed by atoms with Crippen molar-refractivity contribution in [2.45, 2.75) is 23.1 Å². The second-order valence-corrected chi connectivity index (χ2v) is 11.7. The van der Waals surface area contributed by atoms with Crippen LogP contribution >= 0.6 is 39.0 Å². The van der Waals surface area contributed by atoms with Crippen molar-refractivity contribution in [2.24, 2.45) is 0 Å². The van der Waals surface area contributed by atoms with Crippen LogP contribution in [0.2, 0.25) is 0 Å². The van der Waals surface area contributed by atoms with E-state index in [1.54, 1.807) is 55.5 Å². The van der Waals surface area contributed by atoms with Crippen molar-refractivity contribution in [3.63, 3.8) is 0 Å². The summed E-state index contributed by atoms with van der Waals surface area (Å²) in [5.74, 6) is -2.14. The van der Waals surface area contributed by atoms with Crippen LogP contribution in [0.3, 0.4) is 0 Å². The van der Waals surface area contributed by atoms with E-state index in [-0.39, 0.29) is 40.4 Å². The van der Waals surface area contributed by atoms with Crippen LogP contribution in [-0.4, -0.2) is 38.7 Å². The van der Waals surface area contributed by atoms with Crippen LogP contribution in [0.4, 0.5) is 9.52 Å². The van der Waals surface area contributed by atoms with Gasteiger partial charge in [0.2, 0.25) is 5.13 Å². The number of rotatable bonds is 8. The smallest absolute Gasteiger partial charge is 0.301 e. The van der Waals surface area contributed by atoms with Gasteiger partial charge in [0.1, 0.15) is 11.6 Å². The minimum atomic E-state index is -1.08. The molecular weight excluding hydrogens is 621 g/mol. The van der Waals surface area contributed by atoms with E-state index in [1.807, 2.05) is 0 Å². The second-order valence-electron chi connectivity index (χ2n) is 8.57. The van der Waals surface area contributed by atoms with Crippen molar-refractivity contribution in [2.75, 3.05) is 11.5 Å². The number of carbonyl (C=O) groups excluding carboxylic acids is 2. The van der Waals surface area contributed by atoms with Gasteiger partial charge in [-0.1, -0.05) is 75.4 Å². The van der Waals surface area contributed by atoms with Crippen molar-refractivity contribution in [1.82, 2.24) is 10.2 Å². The number of hydrogen-bond acceptors (Lipinski definition) is 9. The second kappa shape index (κ2) is 11.8. The number of amides is 1. The van der Waals surface area contributed by atoms with Gasteiger partial charge in [0.25, 0.3) is 5.78 Å². The molecule has 1 unspecified atom stereocenters. The van der Waals surface area contributed by atoms with Crippen LogP contribution in [0.25, 0.3) is 5.76 Å². The number of thioether (sulfide) groups is 1. The fourth-order valence-electron chi connectivity index (χ4n) is 4.19. The Morgan fingerprint density at radius 1 is 1.12 bits per heavy atom. The number of aliphatic hydroxyl groups is 1. The number of halogens is 2. The topological polar surface area (TPSA) is 113 Å². The molecule has 12 heteroatoms. The first-order chi connectivity index (χ1) is 19.3. The number of aromatic nitrogens is 2. The third-order valence-electron chi connectivity index (χ3n) is 6.07. The number of anilines is 1. The number of aromatic hydroxyl groups is 1. The zero-order valence-corrected chi connectivity index (χ0v) is 24.1. The Morgan fingerprint density at radius 3 is 2.60 bits per heavy atom. The normalized spacial score (nSPS) is 16.5. The van der Waals surface area contributed by atoms with Gasteiger partial charge in [0.05, 0.1) is 18.2 Å². The SMILES string of the molecule is CCOc1cc(C2/C(=C(/O)c3ccc(Br)cc3)C(=O)C(=O)N2c2nnc(SCc3ccccc3F)s2)ccc1O. The number of ketones is 1. The molecule has 2 N–H and O–H groups in total. The molecular formula is C28H21BrFN3O5S2. The summed E-state index contributed by atoms with van der Waals surface area (Å²) in [6, 6.07) is 16.4. The van der Waals surface area contributed by atoms with Gasteiger partial charge in [-0.2, -0.15) is 0 Å². The van der Waals surface area contributed by atoms with E-state index in [0.717, 1.165) is 15.8 Å². The van der Waals surface area contributed by atoms with E-state index < -0.39 is 17.7 Å². The lowest BCUT2D eigenvalue weighted by Crippen LogP contribution is -2.29. The van der Waals surface area contributed by atoms with E-state index in [1.165, 1.54) is 34.9 Å². The van der Waals surface area contributed by atoms with Gasteiger partial charge in [-0.25, -0.2) is 4.39 Å². The molecule has 1 aliphatic heterocycles. The quantitative estimate of drug-likeness (QED) is 0.0741. The van der Waals surface area contributed by atoms with Crippen molar-refractivity contribution < 1.29 is 28.9 Å². The largest absolute Gasteiger partial charge is 0.507 e. The molecule has 3 aromatic carbocycles. The highest BCUT2D eigenvalue weighted by Gasteiger charge is 2.48. The van der Waals surface area contributed by atoms with Crippen LogP contribution in [-0.2, 0) is 15.3 Å². The predicted molar refractivity (Wildman–Crippen MR) is 154 cm³/mol. The summed E-state index contributed by atoms with van der Waals surface area (Å²) < 4.78 is 20.8. The Hall–Kier alpha value is -3.74. The number of ether oxygens (including phenoxy) is 1. The number of carbonyl (C=O) groups is 2. The van der Waals surface area contributed by atoms with Gasteiger partial charge in [-0.3, -0.25) is 14.5 Å².